The summed E-state index contributed by atoms with van der Waals surface area (Å²) >= 11 is 3.48. The number of ether oxygens (including phenoxy) is 1. The van der Waals surface area contributed by atoms with Crippen molar-refractivity contribution in [3.63, 3.8) is 0 Å². The second-order valence-corrected chi connectivity index (χ2v) is 9.14. The number of hydrogen-bond donors (Lipinski definition) is 2. The number of fused-ring (bicyclic) bond motifs is 1. The maximum atomic E-state index is 12.7. The number of aromatic nitrogens is 2. The molecule has 0 saturated heterocycles. The highest BCUT2D eigenvalue weighted by atomic mass is 79.9. The predicted octanol–water partition coefficient (Wildman–Crippen LogP) is 3.94. The third kappa shape index (κ3) is 4.84. The molecule has 8 heteroatoms. The Kier molecular flexibility index (Phi) is 5.98. The zero-order valence-electron chi connectivity index (χ0n) is 16.7. The van der Waals surface area contributed by atoms with Crippen LogP contribution in [0.3, 0.4) is 0 Å². The molecule has 3 rings (SSSR count). The Balaban J connectivity index is 1.73. The summed E-state index contributed by atoms with van der Waals surface area (Å²) in [6, 6.07) is 5.63. The van der Waals surface area contributed by atoms with E-state index in [0.29, 0.717) is 16.9 Å². The van der Waals surface area contributed by atoms with E-state index in [1.54, 1.807) is 17.7 Å². The fraction of sp³-hybridized carbons (Fsp3) is 0.550. The van der Waals surface area contributed by atoms with Gasteiger partial charge in [0, 0.05) is 23.6 Å². The number of alkyl carbamates (subject to hydrolysis) is 1. The van der Waals surface area contributed by atoms with E-state index >= 15 is 0 Å². The van der Waals surface area contributed by atoms with Gasteiger partial charge in [-0.3, -0.25) is 9.36 Å². The molecule has 1 aliphatic carbocycles. The van der Waals surface area contributed by atoms with Gasteiger partial charge in [-0.05, 0) is 74.5 Å². The van der Waals surface area contributed by atoms with Gasteiger partial charge in [0.05, 0.1) is 10.9 Å². The van der Waals surface area contributed by atoms with Gasteiger partial charge in [-0.1, -0.05) is 6.07 Å². The molecule has 28 heavy (non-hydrogen) atoms. The van der Waals surface area contributed by atoms with E-state index in [4.69, 9.17) is 4.74 Å². The second kappa shape index (κ2) is 8.11. The first-order valence-electron chi connectivity index (χ1n) is 9.55. The standard InChI is InChI=1S/C20H27BrN4O3/c1-20(2,3)28-19(27)23-13-8-5-7-12(11-13)22-18-24-16-14(17(26)25(18)4)9-6-10-15(16)21/h6,9-10,12-13H,5,7-8,11H2,1-4H3,(H,22,24)(H,23,27)/t12-,13+/m1/s1. The molecule has 0 unspecified atom stereocenters. The van der Waals surface area contributed by atoms with E-state index in [1.165, 1.54) is 0 Å². The summed E-state index contributed by atoms with van der Waals surface area (Å²) in [6.07, 6.45) is 3.20. The lowest BCUT2D eigenvalue weighted by Crippen LogP contribution is -2.44. The quantitative estimate of drug-likeness (QED) is 0.739. The number of nitrogens with one attached hydrogen (secondary N) is 2. The number of halogens is 1. The van der Waals surface area contributed by atoms with Gasteiger partial charge in [0.1, 0.15) is 5.60 Å². The number of nitrogens with zero attached hydrogens (tertiary/aromatic N) is 2. The number of anilines is 1. The van der Waals surface area contributed by atoms with Gasteiger partial charge in [-0.2, -0.15) is 0 Å². The molecule has 0 bridgehead atoms. The zero-order chi connectivity index (χ0) is 20.5. The average Bonchev–Trinajstić information content (AvgIpc) is 2.59. The van der Waals surface area contributed by atoms with Crippen LogP contribution in [-0.4, -0.2) is 33.3 Å². The molecule has 2 atom stereocenters. The Hall–Kier alpha value is -2.09. The largest absolute Gasteiger partial charge is 0.444 e. The molecule has 0 radical (unpaired) electrons. The first-order valence-corrected chi connectivity index (χ1v) is 10.3. The van der Waals surface area contributed by atoms with Crippen molar-refractivity contribution < 1.29 is 9.53 Å². The molecule has 1 heterocycles. The number of carbonyl (C=O) groups is 1. The maximum Gasteiger partial charge on any atom is 0.407 e. The van der Waals surface area contributed by atoms with Crippen LogP contribution in [0.1, 0.15) is 46.5 Å². The number of carbonyl (C=O) groups excluding carboxylic acids is 1. The van der Waals surface area contributed by atoms with Crippen LogP contribution in [0.4, 0.5) is 10.7 Å². The lowest BCUT2D eigenvalue weighted by Gasteiger charge is -2.31. The fourth-order valence-corrected chi connectivity index (χ4v) is 3.95. The Morgan fingerprint density at radius 1 is 1.29 bits per heavy atom. The molecule has 0 aliphatic heterocycles. The Labute approximate surface area is 173 Å². The van der Waals surface area contributed by atoms with Crippen molar-refractivity contribution in [2.75, 3.05) is 5.32 Å². The summed E-state index contributed by atoms with van der Waals surface area (Å²) < 4.78 is 7.69. The van der Waals surface area contributed by atoms with Crippen LogP contribution in [-0.2, 0) is 11.8 Å². The molecule has 1 aromatic heterocycles. The molecule has 7 nitrogen and oxygen atoms in total. The number of amides is 1. The second-order valence-electron chi connectivity index (χ2n) is 8.29. The zero-order valence-corrected chi connectivity index (χ0v) is 18.3. The normalized spacial score (nSPS) is 20.0. The van der Waals surface area contributed by atoms with Gasteiger partial charge in [0.2, 0.25) is 5.95 Å². The summed E-state index contributed by atoms with van der Waals surface area (Å²) in [5.74, 6) is 0.535. The van der Waals surface area contributed by atoms with Gasteiger partial charge >= 0.3 is 6.09 Å². The van der Waals surface area contributed by atoms with E-state index in [-0.39, 0.29) is 17.6 Å². The van der Waals surface area contributed by atoms with Crippen molar-refractivity contribution in [3.05, 3.63) is 33.0 Å². The highest BCUT2D eigenvalue weighted by Gasteiger charge is 2.26. The third-order valence-corrected chi connectivity index (χ3v) is 5.43. The predicted molar refractivity (Wildman–Crippen MR) is 114 cm³/mol. The summed E-state index contributed by atoms with van der Waals surface area (Å²) in [5, 5.41) is 6.94. The van der Waals surface area contributed by atoms with Crippen LogP contribution >= 0.6 is 15.9 Å². The van der Waals surface area contributed by atoms with Crippen molar-refractivity contribution in [3.8, 4) is 0 Å². The van der Waals surface area contributed by atoms with E-state index in [2.05, 4.69) is 31.5 Å². The van der Waals surface area contributed by atoms with Crippen LogP contribution in [0.5, 0.6) is 0 Å². The highest BCUT2D eigenvalue weighted by Crippen LogP contribution is 2.24. The van der Waals surface area contributed by atoms with Crippen molar-refractivity contribution >= 4 is 38.9 Å². The summed E-state index contributed by atoms with van der Waals surface area (Å²) in [4.78, 5) is 29.4. The van der Waals surface area contributed by atoms with Crippen LogP contribution < -0.4 is 16.2 Å². The van der Waals surface area contributed by atoms with Crippen LogP contribution in [0, 0.1) is 0 Å². The molecular weight excluding hydrogens is 424 g/mol. The molecule has 1 amide bonds. The Bertz CT molecular complexity index is 935. The van der Waals surface area contributed by atoms with Gasteiger partial charge in [0.15, 0.2) is 0 Å². The summed E-state index contributed by atoms with van der Waals surface area (Å²) in [7, 11) is 1.72. The molecule has 1 aliphatic rings. The topological polar surface area (TPSA) is 85.2 Å². The van der Waals surface area contributed by atoms with E-state index < -0.39 is 11.7 Å². The van der Waals surface area contributed by atoms with E-state index in [0.717, 1.165) is 30.2 Å². The van der Waals surface area contributed by atoms with Gasteiger partial charge in [0.25, 0.3) is 5.56 Å². The minimum absolute atomic E-state index is 0.0327. The van der Waals surface area contributed by atoms with Crippen LogP contribution in [0.25, 0.3) is 10.9 Å². The first-order chi connectivity index (χ1) is 13.1. The van der Waals surface area contributed by atoms with E-state index in [9.17, 15) is 9.59 Å². The number of para-hydroxylation sites is 1. The van der Waals surface area contributed by atoms with E-state index in [1.807, 2.05) is 32.9 Å². The monoisotopic (exact) mass is 450 g/mol. The van der Waals surface area contributed by atoms with Gasteiger partial charge in [-0.25, -0.2) is 9.78 Å². The van der Waals surface area contributed by atoms with Crippen LogP contribution in [0.15, 0.2) is 27.5 Å². The number of benzene rings is 1. The van der Waals surface area contributed by atoms with Crippen molar-refractivity contribution in [2.24, 2.45) is 7.05 Å². The lowest BCUT2D eigenvalue weighted by molar-refractivity contribution is 0.0492. The minimum atomic E-state index is -0.517. The summed E-state index contributed by atoms with van der Waals surface area (Å²) in [5.41, 5.74) is 0.0391. The molecular formula is C20H27BrN4O3. The highest BCUT2D eigenvalue weighted by molar-refractivity contribution is 9.10. The first kappa shape index (κ1) is 20.6. The third-order valence-electron chi connectivity index (χ3n) is 4.79. The Morgan fingerprint density at radius 3 is 2.71 bits per heavy atom. The van der Waals surface area contributed by atoms with Crippen molar-refractivity contribution in [1.82, 2.24) is 14.9 Å². The van der Waals surface area contributed by atoms with Crippen molar-refractivity contribution in [1.29, 1.82) is 0 Å². The molecule has 2 aromatic rings. The molecule has 152 valence electrons. The SMILES string of the molecule is Cn1c(N[C@@H]2CCC[C@H](NC(=O)OC(C)(C)C)C2)nc2c(Br)cccc2c1=O. The smallest absolute Gasteiger partial charge is 0.407 e. The van der Waals surface area contributed by atoms with Gasteiger partial charge in [-0.15, -0.1) is 0 Å². The molecule has 1 fully saturated rings. The lowest BCUT2D eigenvalue weighted by atomic mass is 9.91. The summed E-state index contributed by atoms with van der Waals surface area (Å²) in [6.45, 7) is 5.55. The molecule has 1 aromatic carbocycles. The molecule has 0 spiro atoms. The van der Waals surface area contributed by atoms with Crippen LogP contribution in [0.2, 0.25) is 0 Å². The maximum absolute atomic E-state index is 12.7. The van der Waals surface area contributed by atoms with Crippen molar-refractivity contribution in [2.45, 2.75) is 64.1 Å². The fourth-order valence-electron chi connectivity index (χ4n) is 3.50. The molecule has 1 saturated carbocycles. The minimum Gasteiger partial charge on any atom is -0.444 e. The number of rotatable bonds is 3. The number of hydrogen-bond acceptors (Lipinski definition) is 5. The Morgan fingerprint density at radius 2 is 2.00 bits per heavy atom. The average molecular weight is 451 g/mol. The van der Waals surface area contributed by atoms with Gasteiger partial charge < -0.3 is 15.4 Å². The molecule has 2 N–H and O–H groups in total.